The Balaban J connectivity index is 2.35. The Hall–Kier alpha value is -1.99. The van der Waals surface area contributed by atoms with Gasteiger partial charge in [-0.3, -0.25) is 9.71 Å². The van der Waals surface area contributed by atoms with Crippen LogP contribution < -0.4 is 4.72 Å². The van der Waals surface area contributed by atoms with E-state index < -0.39 is 22.4 Å². The minimum Gasteiger partial charge on any atom is -0.392 e. The number of anilines is 1. The summed E-state index contributed by atoms with van der Waals surface area (Å²) in [5.41, 5.74) is 0.228. The van der Waals surface area contributed by atoms with Crippen molar-refractivity contribution in [3.63, 3.8) is 0 Å². The number of benzene rings is 1. The molecule has 7 heteroatoms. The van der Waals surface area contributed by atoms with Crippen LogP contribution in [0.25, 0.3) is 0 Å². The van der Waals surface area contributed by atoms with Gasteiger partial charge >= 0.3 is 0 Å². The van der Waals surface area contributed by atoms with Crippen LogP contribution in [-0.4, -0.2) is 18.5 Å². The second-order valence-corrected chi connectivity index (χ2v) is 5.44. The molecule has 1 aromatic carbocycles. The van der Waals surface area contributed by atoms with Gasteiger partial charge in [0.05, 0.1) is 23.4 Å². The third-order valence-corrected chi connectivity index (χ3v) is 3.79. The maximum atomic E-state index is 13.2. The Morgan fingerprint density at radius 2 is 2.11 bits per heavy atom. The van der Waals surface area contributed by atoms with Gasteiger partial charge in [-0.15, -0.1) is 0 Å². The fraction of sp³-hybridized carbons (Fsp3) is 0.0833. The van der Waals surface area contributed by atoms with Gasteiger partial charge < -0.3 is 5.11 Å². The summed E-state index contributed by atoms with van der Waals surface area (Å²) < 4.78 is 39.6. The van der Waals surface area contributed by atoms with Crippen molar-refractivity contribution in [1.29, 1.82) is 0 Å². The smallest absolute Gasteiger partial charge is 0.261 e. The zero-order chi connectivity index (χ0) is 13.9. The fourth-order valence-electron chi connectivity index (χ4n) is 1.48. The predicted molar refractivity (Wildman–Crippen MR) is 67.4 cm³/mol. The van der Waals surface area contributed by atoms with Gasteiger partial charge in [-0.25, -0.2) is 12.8 Å². The summed E-state index contributed by atoms with van der Waals surface area (Å²) in [6.45, 7) is -0.567. The molecule has 19 heavy (non-hydrogen) atoms. The second-order valence-electron chi connectivity index (χ2n) is 3.76. The number of aliphatic hydroxyl groups is 1. The summed E-state index contributed by atoms with van der Waals surface area (Å²) in [6.07, 6.45) is 2.87. The van der Waals surface area contributed by atoms with Crippen LogP contribution in [0.1, 0.15) is 5.56 Å². The highest BCUT2D eigenvalue weighted by atomic mass is 32.2. The number of nitrogens with zero attached hydrogens (tertiary/aromatic N) is 1. The average molecular weight is 282 g/mol. The number of halogens is 1. The lowest BCUT2D eigenvalue weighted by Gasteiger charge is -2.09. The number of rotatable bonds is 4. The van der Waals surface area contributed by atoms with E-state index in [-0.39, 0.29) is 10.5 Å². The maximum absolute atomic E-state index is 13.2. The molecule has 1 heterocycles. The summed E-state index contributed by atoms with van der Waals surface area (Å²) in [4.78, 5) is 3.66. The third kappa shape index (κ3) is 3.07. The first-order chi connectivity index (χ1) is 9.03. The zero-order valence-corrected chi connectivity index (χ0v) is 10.6. The van der Waals surface area contributed by atoms with Gasteiger partial charge in [0.25, 0.3) is 10.0 Å². The summed E-state index contributed by atoms with van der Waals surface area (Å²) >= 11 is 0. The predicted octanol–water partition coefficient (Wildman–Crippen LogP) is 1.51. The molecule has 0 fully saturated rings. The van der Waals surface area contributed by atoms with Crippen molar-refractivity contribution in [2.75, 3.05) is 4.72 Å². The maximum Gasteiger partial charge on any atom is 0.261 e. The topological polar surface area (TPSA) is 79.3 Å². The number of pyridine rings is 1. The molecule has 2 aromatic rings. The van der Waals surface area contributed by atoms with Crippen LogP contribution in [0.2, 0.25) is 0 Å². The Labute approximate surface area is 109 Å². The summed E-state index contributed by atoms with van der Waals surface area (Å²) in [7, 11) is -3.83. The molecule has 2 N–H and O–H groups in total. The second kappa shape index (κ2) is 5.33. The van der Waals surface area contributed by atoms with Gasteiger partial charge in [0.2, 0.25) is 0 Å². The van der Waals surface area contributed by atoms with E-state index in [1.54, 1.807) is 12.1 Å². The number of aliphatic hydroxyl groups excluding tert-OH is 1. The van der Waals surface area contributed by atoms with Gasteiger partial charge in [0.15, 0.2) is 0 Å². The first-order valence-corrected chi connectivity index (χ1v) is 6.83. The number of nitrogens with one attached hydrogen (secondary N) is 1. The summed E-state index contributed by atoms with van der Waals surface area (Å²) in [5.74, 6) is -0.650. The van der Waals surface area contributed by atoms with E-state index in [0.29, 0.717) is 5.69 Å². The molecule has 0 aliphatic carbocycles. The van der Waals surface area contributed by atoms with E-state index in [4.69, 9.17) is 5.11 Å². The molecule has 0 amide bonds. The number of aromatic nitrogens is 1. The number of hydrogen-bond acceptors (Lipinski definition) is 4. The molecule has 5 nitrogen and oxygen atoms in total. The van der Waals surface area contributed by atoms with Crippen LogP contribution in [0.3, 0.4) is 0 Å². The summed E-state index contributed by atoms with van der Waals surface area (Å²) in [5, 5.41) is 8.93. The van der Waals surface area contributed by atoms with Crippen molar-refractivity contribution in [1.82, 2.24) is 4.98 Å². The van der Waals surface area contributed by atoms with Crippen molar-refractivity contribution in [3.05, 3.63) is 54.1 Å². The van der Waals surface area contributed by atoms with Gasteiger partial charge in [0, 0.05) is 11.8 Å². The van der Waals surface area contributed by atoms with Crippen molar-refractivity contribution < 1.29 is 17.9 Å². The largest absolute Gasteiger partial charge is 0.392 e. The molecule has 1 aromatic heterocycles. The van der Waals surface area contributed by atoms with Crippen LogP contribution in [0.5, 0.6) is 0 Å². The van der Waals surface area contributed by atoms with Crippen LogP contribution in [0, 0.1) is 5.82 Å². The van der Waals surface area contributed by atoms with E-state index in [1.165, 1.54) is 12.4 Å². The monoisotopic (exact) mass is 282 g/mol. The minimum absolute atomic E-state index is 0.0749. The van der Waals surface area contributed by atoms with Crippen LogP contribution in [0.15, 0.2) is 47.6 Å². The SMILES string of the molecule is O=S(=O)(Nc1cccnc1)c1ccc(F)c(CO)c1. The normalized spacial score (nSPS) is 11.3. The van der Waals surface area contributed by atoms with Crippen molar-refractivity contribution in [3.8, 4) is 0 Å². The first-order valence-electron chi connectivity index (χ1n) is 5.35. The lowest BCUT2D eigenvalue weighted by molar-refractivity contribution is 0.275. The molecule has 0 aliphatic rings. The highest BCUT2D eigenvalue weighted by Crippen LogP contribution is 2.18. The number of sulfonamides is 1. The highest BCUT2D eigenvalue weighted by molar-refractivity contribution is 7.92. The number of hydrogen-bond donors (Lipinski definition) is 2. The standard InChI is InChI=1S/C12H11FN2O3S/c13-12-4-3-11(6-9(12)8-16)19(17,18)15-10-2-1-5-14-7-10/h1-7,15-16H,8H2. The van der Waals surface area contributed by atoms with Crippen LogP contribution in [0.4, 0.5) is 10.1 Å². The Kier molecular flexibility index (Phi) is 3.77. The van der Waals surface area contributed by atoms with Crippen molar-refractivity contribution in [2.45, 2.75) is 11.5 Å². The molecular weight excluding hydrogens is 271 g/mol. The van der Waals surface area contributed by atoms with Crippen LogP contribution >= 0.6 is 0 Å². The third-order valence-electron chi connectivity index (χ3n) is 2.41. The summed E-state index contributed by atoms with van der Waals surface area (Å²) in [6, 6.07) is 6.35. The molecular formula is C12H11FN2O3S. The molecule has 0 aliphatic heterocycles. The lowest BCUT2D eigenvalue weighted by atomic mass is 10.2. The van der Waals surface area contributed by atoms with Crippen molar-refractivity contribution in [2.24, 2.45) is 0 Å². The van der Waals surface area contributed by atoms with Crippen molar-refractivity contribution >= 4 is 15.7 Å². The molecule has 0 bridgehead atoms. The molecule has 0 saturated carbocycles. The average Bonchev–Trinajstić information content (AvgIpc) is 2.39. The van der Waals surface area contributed by atoms with E-state index >= 15 is 0 Å². The van der Waals surface area contributed by atoms with Gasteiger partial charge in [-0.05, 0) is 30.3 Å². The van der Waals surface area contributed by atoms with E-state index in [9.17, 15) is 12.8 Å². The Morgan fingerprint density at radius 1 is 1.32 bits per heavy atom. The Bertz CT molecular complexity index is 675. The first kappa shape index (κ1) is 13.4. The zero-order valence-electron chi connectivity index (χ0n) is 9.75. The molecule has 0 atom stereocenters. The van der Waals surface area contributed by atoms with E-state index in [2.05, 4.69) is 9.71 Å². The highest BCUT2D eigenvalue weighted by Gasteiger charge is 2.16. The Morgan fingerprint density at radius 3 is 2.74 bits per heavy atom. The molecule has 0 unspecified atom stereocenters. The molecule has 100 valence electrons. The lowest BCUT2D eigenvalue weighted by Crippen LogP contribution is -2.13. The minimum atomic E-state index is -3.83. The molecule has 0 spiro atoms. The van der Waals surface area contributed by atoms with E-state index in [0.717, 1.165) is 18.2 Å². The van der Waals surface area contributed by atoms with Gasteiger partial charge in [-0.2, -0.15) is 0 Å². The fourth-order valence-corrected chi connectivity index (χ4v) is 2.57. The van der Waals surface area contributed by atoms with Gasteiger partial charge in [-0.1, -0.05) is 0 Å². The van der Waals surface area contributed by atoms with Crippen LogP contribution in [-0.2, 0) is 16.6 Å². The quantitative estimate of drug-likeness (QED) is 0.891. The molecule has 0 radical (unpaired) electrons. The molecule has 2 rings (SSSR count). The molecule has 0 saturated heterocycles. The van der Waals surface area contributed by atoms with Gasteiger partial charge in [0.1, 0.15) is 5.82 Å². The van der Waals surface area contributed by atoms with E-state index in [1.807, 2.05) is 0 Å².